The van der Waals surface area contributed by atoms with Crippen LogP contribution in [-0.2, 0) is 16.6 Å². The highest BCUT2D eigenvalue weighted by Gasteiger charge is 2.19. The van der Waals surface area contributed by atoms with Crippen LogP contribution in [0.25, 0.3) is 0 Å². The third-order valence-electron chi connectivity index (χ3n) is 2.91. The molecular weight excluding hydrogens is 328 g/mol. The number of anilines is 1. The summed E-state index contributed by atoms with van der Waals surface area (Å²) in [7, 11) is -3.61. The van der Waals surface area contributed by atoms with Crippen LogP contribution in [0.1, 0.15) is 17.4 Å². The van der Waals surface area contributed by atoms with Gasteiger partial charge in [-0.1, -0.05) is 30.7 Å². The van der Waals surface area contributed by atoms with Gasteiger partial charge in [-0.15, -0.1) is 11.3 Å². The molecule has 2 aromatic rings. The van der Waals surface area contributed by atoms with Gasteiger partial charge in [-0.3, -0.25) is 4.72 Å². The summed E-state index contributed by atoms with van der Waals surface area (Å²) in [6, 6.07) is 8.70. The zero-order chi connectivity index (χ0) is 15.5. The summed E-state index contributed by atoms with van der Waals surface area (Å²) in [5.41, 5.74) is 1.22. The predicted molar refractivity (Wildman–Crippen MR) is 88.7 cm³/mol. The summed E-state index contributed by atoms with van der Waals surface area (Å²) >= 11 is 7.32. The zero-order valence-corrected chi connectivity index (χ0v) is 14.2. The maximum absolute atomic E-state index is 12.4. The van der Waals surface area contributed by atoms with Gasteiger partial charge in [-0.05, 0) is 37.2 Å². The van der Waals surface area contributed by atoms with Gasteiger partial charge in [0.15, 0.2) is 0 Å². The molecule has 0 aliphatic carbocycles. The lowest BCUT2D eigenvalue weighted by atomic mass is 10.2. The van der Waals surface area contributed by atoms with Gasteiger partial charge in [0.2, 0.25) is 0 Å². The van der Waals surface area contributed by atoms with Gasteiger partial charge < -0.3 is 5.32 Å². The van der Waals surface area contributed by atoms with Crippen LogP contribution in [0.2, 0.25) is 5.02 Å². The highest BCUT2D eigenvalue weighted by molar-refractivity contribution is 7.94. The number of nitrogens with one attached hydrogen (secondary N) is 2. The van der Waals surface area contributed by atoms with Gasteiger partial charge in [0.1, 0.15) is 4.21 Å². The first-order valence-electron chi connectivity index (χ1n) is 6.51. The van der Waals surface area contributed by atoms with Gasteiger partial charge in [0.05, 0.1) is 10.7 Å². The third kappa shape index (κ3) is 3.97. The first-order valence-corrected chi connectivity index (χ1v) is 9.19. The van der Waals surface area contributed by atoms with Crippen LogP contribution >= 0.6 is 22.9 Å². The van der Waals surface area contributed by atoms with Crippen LogP contribution in [0, 0.1) is 6.92 Å². The molecule has 0 aliphatic rings. The Morgan fingerprint density at radius 1 is 1.24 bits per heavy atom. The molecule has 0 aliphatic heterocycles. The molecule has 0 fully saturated rings. The molecule has 0 bridgehead atoms. The fourth-order valence-corrected chi connectivity index (χ4v) is 4.59. The molecule has 2 rings (SSSR count). The minimum atomic E-state index is -3.61. The molecule has 2 N–H and O–H groups in total. The molecular formula is C14H17ClN2O2S2. The summed E-state index contributed by atoms with van der Waals surface area (Å²) in [5, 5.41) is 3.56. The highest BCUT2D eigenvalue weighted by atomic mass is 35.5. The average molecular weight is 345 g/mol. The Kier molecular flexibility index (Phi) is 5.27. The molecule has 4 nitrogen and oxygen atoms in total. The van der Waals surface area contributed by atoms with Crippen molar-refractivity contribution in [2.24, 2.45) is 0 Å². The van der Waals surface area contributed by atoms with Crippen molar-refractivity contribution in [1.29, 1.82) is 0 Å². The van der Waals surface area contributed by atoms with E-state index in [1.165, 1.54) is 11.3 Å². The lowest BCUT2D eigenvalue weighted by Gasteiger charge is -2.10. The van der Waals surface area contributed by atoms with Crippen molar-refractivity contribution in [2.45, 2.75) is 24.6 Å². The molecule has 1 aromatic carbocycles. The van der Waals surface area contributed by atoms with E-state index in [1.54, 1.807) is 18.2 Å². The second kappa shape index (κ2) is 6.79. The van der Waals surface area contributed by atoms with Crippen molar-refractivity contribution in [2.75, 3.05) is 11.3 Å². The molecule has 0 saturated heterocycles. The normalized spacial score (nSPS) is 11.6. The fraction of sp³-hybridized carbons (Fsp3) is 0.286. The molecule has 1 heterocycles. The van der Waals surface area contributed by atoms with E-state index in [2.05, 4.69) is 10.0 Å². The molecule has 21 heavy (non-hydrogen) atoms. The van der Waals surface area contributed by atoms with E-state index in [0.717, 1.165) is 17.0 Å². The first-order chi connectivity index (χ1) is 9.94. The largest absolute Gasteiger partial charge is 0.312 e. The lowest BCUT2D eigenvalue weighted by Crippen LogP contribution is -2.13. The number of hydrogen-bond donors (Lipinski definition) is 2. The number of aryl methyl sites for hydroxylation is 1. The average Bonchev–Trinajstić information content (AvgIpc) is 2.90. The minimum absolute atomic E-state index is 0.287. The Bertz CT molecular complexity index is 706. The van der Waals surface area contributed by atoms with Gasteiger partial charge in [0, 0.05) is 11.4 Å². The van der Waals surface area contributed by atoms with E-state index in [0.29, 0.717) is 17.3 Å². The second-order valence-electron chi connectivity index (χ2n) is 4.54. The Labute approximate surface area is 134 Å². The van der Waals surface area contributed by atoms with E-state index in [9.17, 15) is 8.42 Å². The Morgan fingerprint density at radius 3 is 2.67 bits per heavy atom. The van der Waals surface area contributed by atoms with Crippen LogP contribution in [0.15, 0.2) is 34.5 Å². The van der Waals surface area contributed by atoms with E-state index < -0.39 is 10.0 Å². The number of hydrogen-bond acceptors (Lipinski definition) is 4. The SMILES string of the molecule is CCNCc1ccc(S(=O)(=O)Nc2c(C)cccc2Cl)s1. The maximum Gasteiger partial charge on any atom is 0.271 e. The molecule has 0 amide bonds. The van der Waals surface area contributed by atoms with Crippen LogP contribution in [0.4, 0.5) is 5.69 Å². The Hall–Kier alpha value is -1.08. The van der Waals surface area contributed by atoms with Crippen LogP contribution in [0.5, 0.6) is 0 Å². The van der Waals surface area contributed by atoms with Crippen molar-refractivity contribution in [1.82, 2.24) is 5.32 Å². The van der Waals surface area contributed by atoms with Crippen molar-refractivity contribution in [3.8, 4) is 0 Å². The fourth-order valence-electron chi connectivity index (χ4n) is 1.79. The summed E-state index contributed by atoms with van der Waals surface area (Å²) in [6.45, 7) is 5.33. The predicted octanol–water partition coefficient (Wildman–Crippen LogP) is 3.62. The second-order valence-corrected chi connectivity index (χ2v) is 8.02. The van der Waals surface area contributed by atoms with E-state index in [-0.39, 0.29) is 4.21 Å². The minimum Gasteiger partial charge on any atom is -0.312 e. The topological polar surface area (TPSA) is 58.2 Å². The van der Waals surface area contributed by atoms with Gasteiger partial charge in [-0.25, -0.2) is 8.42 Å². The van der Waals surface area contributed by atoms with Gasteiger partial charge >= 0.3 is 0 Å². The Morgan fingerprint density at radius 2 is 2.00 bits per heavy atom. The number of benzene rings is 1. The molecule has 0 spiro atoms. The lowest BCUT2D eigenvalue weighted by molar-refractivity contribution is 0.603. The number of sulfonamides is 1. The maximum atomic E-state index is 12.4. The highest BCUT2D eigenvalue weighted by Crippen LogP contribution is 2.30. The van der Waals surface area contributed by atoms with Crippen molar-refractivity contribution >= 4 is 38.6 Å². The standard InChI is InChI=1S/C14H17ClN2O2S2/c1-3-16-9-11-7-8-13(20-11)21(18,19)17-14-10(2)5-4-6-12(14)15/h4-8,16-17H,3,9H2,1-2H3. The molecule has 0 radical (unpaired) electrons. The number of thiophene rings is 1. The molecule has 1 aromatic heterocycles. The zero-order valence-electron chi connectivity index (χ0n) is 11.8. The summed E-state index contributed by atoms with van der Waals surface area (Å²) in [6.07, 6.45) is 0. The van der Waals surface area contributed by atoms with Crippen molar-refractivity contribution < 1.29 is 8.42 Å². The number of para-hydroxylation sites is 1. The van der Waals surface area contributed by atoms with Gasteiger partial charge in [-0.2, -0.15) is 0 Å². The summed E-state index contributed by atoms with van der Waals surface area (Å²) in [4.78, 5) is 0.980. The molecule has 0 unspecified atom stereocenters. The van der Waals surface area contributed by atoms with Crippen LogP contribution < -0.4 is 10.0 Å². The van der Waals surface area contributed by atoms with Crippen LogP contribution in [0.3, 0.4) is 0 Å². The van der Waals surface area contributed by atoms with Crippen molar-refractivity contribution in [3.05, 3.63) is 45.8 Å². The van der Waals surface area contributed by atoms with E-state index in [1.807, 2.05) is 26.0 Å². The molecule has 0 atom stereocenters. The molecule has 0 saturated carbocycles. The first kappa shape index (κ1) is 16.3. The Balaban J connectivity index is 2.24. The quantitative estimate of drug-likeness (QED) is 0.841. The number of halogens is 1. The van der Waals surface area contributed by atoms with Crippen molar-refractivity contribution in [3.63, 3.8) is 0 Å². The smallest absolute Gasteiger partial charge is 0.271 e. The monoisotopic (exact) mass is 344 g/mol. The van der Waals surface area contributed by atoms with E-state index >= 15 is 0 Å². The van der Waals surface area contributed by atoms with Crippen LogP contribution in [-0.4, -0.2) is 15.0 Å². The third-order valence-corrected chi connectivity index (χ3v) is 6.15. The summed E-state index contributed by atoms with van der Waals surface area (Å²) < 4.78 is 27.7. The van der Waals surface area contributed by atoms with E-state index in [4.69, 9.17) is 11.6 Å². The van der Waals surface area contributed by atoms with Gasteiger partial charge in [0.25, 0.3) is 10.0 Å². The molecule has 114 valence electrons. The summed E-state index contributed by atoms with van der Waals surface area (Å²) in [5.74, 6) is 0. The number of rotatable bonds is 6. The molecule has 7 heteroatoms.